The molecule has 3 amide bonds. The normalized spacial score (nSPS) is 24.0. The number of benzene rings is 2. The SMILES string of the molecule is Cc1ccccc1[C@@]1(CC(=O)N2CCC[C@@H](C)C2)CC(=O)N(Cc2ccccc2)C1=O. The first-order chi connectivity index (χ1) is 14.9. The van der Waals surface area contributed by atoms with Gasteiger partial charge in [-0.3, -0.25) is 19.3 Å². The van der Waals surface area contributed by atoms with E-state index in [1.165, 1.54) is 4.90 Å². The lowest BCUT2D eigenvalue weighted by molar-refractivity contribution is -0.143. The van der Waals surface area contributed by atoms with Crippen LogP contribution in [-0.2, 0) is 26.3 Å². The lowest BCUT2D eigenvalue weighted by Crippen LogP contribution is -2.46. The molecule has 2 atom stereocenters. The number of rotatable bonds is 5. The first-order valence-corrected chi connectivity index (χ1v) is 11.1. The fourth-order valence-electron chi connectivity index (χ4n) is 5.07. The number of carbonyl (C=O) groups excluding carboxylic acids is 3. The second-order valence-corrected chi connectivity index (χ2v) is 9.11. The summed E-state index contributed by atoms with van der Waals surface area (Å²) in [5.41, 5.74) is 1.50. The molecule has 0 aliphatic carbocycles. The van der Waals surface area contributed by atoms with E-state index in [4.69, 9.17) is 0 Å². The van der Waals surface area contributed by atoms with Crippen LogP contribution in [0.5, 0.6) is 0 Å². The van der Waals surface area contributed by atoms with Crippen LogP contribution in [0, 0.1) is 12.8 Å². The van der Waals surface area contributed by atoms with E-state index in [0.717, 1.165) is 42.6 Å². The van der Waals surface area contributed by atoms with E-state index < -0.39 is 5.41 Å². The first-order valence-electron chi connectivity index (χ1n) is 11.1. The van der Waals surface area contributed by atoms with Gasteiger partial charge in [0, 0.05) is 25.9 Å². The van der Waals surface area contributed by atoms with Crippen molar-refractivity contribution in [2.75, 3.05) is 13.1 Å². The van der Waals surface area contributed by atoms with E-state index in [-0.39, 0.29) is 37.1 Å². The molecule has 2 heterocycles. The highest BCUT2D eigenvalue weighted by Gasteiger charge is 2.54. The molecule has 2 aromatic carbocycles. The van der Waals surface area contributed by atoms with E-state index in [0.29, 0.717) is 5.92 Å². The number of aryl methyl sites for hydroxylation is 1. The van der Waals surface area contributed by atoms with Gasteiger partial charge in [0.2, 0.25) is 17.7 Å². The Bertz CT molecular complexity index is 987. The van der Waals surface area contributed by atoms with Gasteiger partial charge in [0.15, 0.2) is 0 Å². The average Bonchev–Trinajstić information content (AvgIpc) is 2.99. The van der Waals surface area contributed by atoms with Crippen LogP contribution in [0.25, 0.3) is 0 Å². The Morgan fingerprint density at radius 1 is 1.06 bits per heavy atom. The van der Waals surface area contributed by atoms with E-state index in [9.17, 15) is 14.4 Å². The van der Waals surface area contributed by atoms with E-state index in [1.54, 1.807) is 0 Å². The summed E-state index contributed by atoms with van der Waals surface area (Å²) in [6.07, 6.45) is 2.19. The maximum atomic E-state index is 13.8. The minimum absolute atomic E-state index is 0.0301. The summed E-state index contributed by atoms with van der Waals surface area (Å²) >= 11 is 0. The number of hydrogen-bond acceptors (Lipinski definition) is 3. The number of imide groups is 1. The summed E-state index contributed by atoms with van der Waals surface area (Å²) in [6, 6.07) is 17.2. The summed E-state index contributed by atoms with van der Waals surface area (Å²) < 4.78 is 0. The molecule has 2 fully saturated rings. The number of amides is 3. The molecular formula is C26H30N2O3. The van der Waals surface area contributed by atoms with Gasteiger partial charge in [0.25, 0.3) is 0 Å². The van der Waals surface area contributed by atoms with Gasteiger partial charge in [-0.05, 0) is 42.4 Å². The Labute approximate surface area is 184 Å². The van der Waals surface area contributed by atoms with Gasteiger partial charge in [-0.2, -0.15) is 0 Å². The minimum atomic E-state index is -1.13. The van der Waals surface area contributed by atoms with Crippen LogP contribution >= 0.6 is 0 Å². The molecule has 2 aliphatic rings. The Morgan fingerprint density at radius 2 is 1.77 bits per heavy atom. The molecule has 0 saturated carbocycles. The average molecular weight is 419 g/mol. The van der Waals surface area contributed by atoms with Crippen LogP contribution in [-0.4, -0.2) is 40.6 Å². The van der Waals surface area contributed by atoms with Crippen molar-refractivity contribution in [1.82, 2.24) is 9.80 Å². The van der Waals surface area contributed by atoms with Crippen molar-refractivity contribution in [2.24, 2.45) is 5.92 Å². The van der Waals surface area contributed by atoms with Crippen LogP contribution < -0.4 is 0 Å². The molecule has 31 heavy (non-hydrogen) atoms. The van der Waals surface area contributed by atoms with Crippen LogP contribution in [0.4, 0.5) is 0 Å². The van der Waals surface area contributed by atoms with Crippen molar-refractivity contribution in [3.63, 3.8) is 0 Å². The second kappa shape index (κ2) is 8.66. The van der Waals surface area contributed by atoms with Gasteiger partial charge < -0.3 is 4.90 Å². The van der Waals surface area contributed by atoms with E-state index >= 15 is 0 Å². The molecule has 0 aromatic heterocycles. The third-order valence-corrected chi connectivity index (χ3v) is 6.72. The zero-order valence-corrected chi connectivity index (χ0v) is 18.3. The zero-order chi connectivity index (χ0) is 22.0. The molecule has 0 unspecified atom stereocenters. The smallest absolute Gasteiger partial charge is 0.241 e. The third-order valence-electron chi connectivity index (χ3n) is 6.72. The predicted octanol–water partition coefficient (Wildman–Crippen LogP) is 3.84. The molecule has 5 heteroatoms. The highest BCUT2D eigenvalue weighted by molar-refractivity contribution is 6.10. The summed E-state index contributed by atoms with van der Waals surface area (Å²) in [5.74, 6) is -0.0360. The lowest BCUT2D eigenvalue weighted by atomic mass is 9.73. The van der Waals surface area contributed by atoms with Gasteiger partial charge in [-0.25, -0.2) is 0 Å². The predicted molar refractivity (Wildman–Crippen MR) is 119 cm³/mol. The minimum Gasteiger partial charge on any atom is -0.342 e. The van der Waals surface area contributed by atoms with Crippen LogP contribution in [0.2, 0.25) is 0 Å². The molecular weight excluding hydrogens is 388 g/mol. The van der Waals surface area contributed by atoms with E-state index in [1.807, 2.05) is 66.4 Å². The summed E-state index contributed by atoms with van der Waals surface area (Å²) in [7, 11) is 0. The number of likely N-dealkylation sites (tertiary alicyclic amines) is 2. The molecule has 5 nitrogen and oxygen atoms in total. The molecule has 2 aromatic rings. The standard InChI is InChI=1S/C26H30N2O3/c1-19-9-8-14-27(17-19)23(29)15-26(22-13-7-6-10-20(22)2)16-24(30)28(25(26)31)18-21-11-4-3-5-12-21/h3-7,10-13,19H,8-9,14-18H2,1-2H3/t19-,26-/m1/s1. The third kappa shape index (κ3) is 4.14. The highest BCUT2D eigenvalue weighted by atomic mass is 16.2. The Hall–Kier alpha value is -2.95. The van der Waals surface area contributed by atoms with Crippen molar-refractivity contribution >= 4 is 17.7 Å². The maximum absolute atomic E-state index is 13.8. The van der Waals surface area contributed by atoms with Crippen molar-refractivity contribution in [2.45, 2.75) is 51.5 Å². The molecule has 162 valence electrons. The molecule has 0 bridgehead atoms. The van der Waals surface area contributed by atoms with E-state index in [2.05, 4.69) is 6.92 Å². The summed E-state index contributed by atoms with van der Waals surface area (Å²) in [5, 5.41) is 0. The van der Waals surface area contributed by atoms with Crippen molar-refractivity contribution in [3.8, 4) is 0 Å². The second-order valence-electron chi connectivity index (χ2n) is 9.11. The van der Waals surface area contributed by atoms with Crippen molar-refractivity contribution < 1.29 is 14.4 Å². The number of hydrogen-bond donors (Lipinski definition) is 0. The molecule has 0 spiro atoms. The fraction of sp³-hybridized carbons (Fsp3) is 0.423. The molecule has 2 saturated heterocycles. The Morgan fingerprint density at radius 3 is 2.48 bits per heavy atom. The van der Waals surface area contributed by atoms with Gasteiger partial charge in [-0.1, -0.05) is 61.5 Å². The topological polar surface area (TPSA) is 57.7 Å². The van der Waals surface area contributed by atoms with Gasteiger partial charge in [0.1, 0.15) is 0 Å². The Kier molecular flexibility index (Phi) is 5.94. The van der Waals surface area contributed by atoms with Crippen LogP contribution in [0.1, 0.15) is 49.3 Å². The summed E-state index contributed by atoms with van der Waals surface area (Å²) in [6.45, 7) is 5.78. The first kappa shape index (κ1) is 21.3. The number of piperidine rings is 1. The monoisotopic (exact) mass is 418 g/mol. The summed E-state index contributed by atoms with van der Waals surface area (Å²) in [4.78, 5) is 43.5. The highest BCUT2D eigenvalue weighted by Crippen LogP contribution is 2.42. The van der Waals surface area contributed by atoms with Crippen LogP contribution in [0.15, 0.2) is 54.6 Å². The molecule has 4 rings (SSSR count). The fourth-order valence-corrected chi connectivity index (χ4v) is 5.07. The van der Waals surface area contributed by atoms with Crippen LogP contribution in [0.3, 0.4) is 0 Å². The molecule has 0 N–H and O–H groups in total. The number of carbonyl (C=O) groups is 3. The zero-order valence-electron chi connectivity index (χ0n) is 18.3. The van der Waals surface area contributed by atoms with Crippen molar-refractivity contribution in [3.05, 3.63) is 71.3 Å². The lowest BCUT2D eigenvalue weighted by Gasteiger charge is -2.35. The van der Waals surface area contributed by atoms with Gasteiger partial charge in [0.05, 0.1) is 12.0 Å². The molecule has 2 aliphatic heterocycles. The number of nitrogens with zero attached hydrogens (tertiary/aromatic N) is 2. The van der Waals surface area contributed by atoms with Crippen molar-refractivity contribution in [1.29, 1.82) is 0 Å². The molecule has 0 radical (unpaired) electrons. The largest absolute Gasteiger partial charge is 0.342 e. The quantitative estimate of drug-likeness (QED) is 0.693. The maximum Gasteiger partial charge on any atom is 0.241 e. The van der Waals surface area contributed by atoms with Gasteiger partial charge in [-0.15, -0.1) is 0 Å². The Balaban J connectivity index is 1.68. The van der Waals surface area contributed by atoms with Gasteiger partial charge >= 0.3 is 0 Å².